The first kappa shape index (κ1) is 20.3. The number of carbonyl (C=O) groups is 2. The van der Waals surface area contributed by atoms with Crippen LogP contribution in [-0.2, 0) is 4.79 Å². The van der Waals surface area contributed by atoms with Crippen molar-refractivity contribution in [2.45, 2.75) is 13.0 Å². The molecule has 2 aromatic carbocycles. The summed E-state index contributed by atoms with van der Waals surface area (Å²) in [5.74, 6) is -1.84. The number of hydrogen-bond acceptors (Lipinski definition) is 3. The molecule has 2 aromatic rings. The highest BCUT2D eigenvalue weighted by molar-refractivity contribution is 6.07. The van der Waals surface area contributed by atoms with Crippen LogP contribution in [0.4, 0.5) is 19.3 Å². The molecule has 1 atom stereocenters. The van der Waals surface area contributed by atoms with E-state index in [9.17, 15) is 18.4 Å². The molecule has 1 N–H and O–H groups in total. The predicted molar refractivity (Wildman–Crippen MR) is 104 cm³/mol. The molecule has 3 rings (SSSR count). The third-order valence-electron chi connectivity index (χ3n) is 5.02. The minimum atomic E-state index is -1.23. The maximum absolute atomic E-state index is 14.6. The molecule has 0 spiro atoms. The maximum Gasteiger partial charge on any atom is 0.324 e. The summed E-state index contributed by atoms with van der Waals surface area (Å²) in [6.45, 7) is 1.56. The first-order valence-electron chi connectivity index (χ1n) is 8.87. The molecule has 1 heterocycles. The number of ether oxygens (including phenoxy) is 1. The quantitative estimate of drug-likeness (QED) is 0.845. The maximum atomic E-state index is 14.6. The van der Waals surface area contributed by atoms with Crippen molar-refractivity contribution in [3.8, 4) is 5.75 Å². The first-order valence-corrected chi connectivity index (χ1v) is 8.87. The van der Waals surface area contributed by atoms with E-state index < -0.39 is 29.6 Å². The minimum Gasteiger partial charge on any atom is -0.495 e. The highest BCUT2D eigenvalue weighted by atomic mass is 19.1. The summed E-state index contributed by atoms with van der Waals surface area (Å²) in [4.78, 5) is 28.2. The van der Waals surface area contributed by atoms with Crippen LogP contribution < -0.4 is 10.1 Å². The highest BCUT2D eigenvalue weighted by Crippen LogP contribution is 2.38. The second-order valence-electron chi connectivity index (χ2n) is 6.64. The number of para-hydroxylation sites is 2. The van der Waals surface area contributed by atoms with E-state index in [0.717, 1.165) is 17.0 Å². The monoisotopic (exact) mass is 401 g/mol. The Kier molecular flexibility index (Phi) is 5.54. The molecule has 0 radical (unpaired) electrons. The molecule has 1 aliphatic rings. The van der Waals surface area contributed by atoms with Gasteiger partial charge in [-0.3, -0.25) is 4.79 Å². The zero-order valence-corrected chi connectivity index (χ0v) is 16.5. The Hall–Kier alpha value is -3.42. The fourth-order valence-corrected chi connectivity index (χ4v) is 3.40. The topological polar surface area (TPSA) is 61.9 Å². The summed E-state index contributed by atoms with van der Waals surface area (Å²) in [6, 6.07) is 8.50. The molecule has 1 aliphatic heterocycles. The van der Waals surface area contributed by atoms with Gasteiger partial charge in [0.25, 0.3) is 5.91 Å². The van der Waals surface area contributed by atoms with Crippen molar-refractivity contribution in [1.82, 2.24) is 9.80 Å². The summed E-state index contributed by atoms with van der Waals surface area (Å²) in [7, 11) is 4.37. The number of hydrogen-bond donors (Lipinski definition) is 1. The lowest BCUT2D eigenvalue weighted by atomic mass is 9.92. The van der Waals surface area contributed by atoms with Crippen molar-refractivity contribution in [2.75, 3.05) is 26.5 Å². The van der Waals surface area contributed by atoms with E-state index >= 15 is 0 Å². The Balaban J connectivity index is 2.13. The second kappa shape index (κ2) is 7.90. The van der Waals surface area contributed by atoms with Gasteiger partial charge in [-0.15, -0.1) is 0 Å². The minimum absolute atomic E-state index is 0.0597. The largest absolute Gasteiger partial charge is 0.495 e. The molecule has 0 fully saturated rings. The highest BCUT2D eigenvalue weighted by Gasteiger charge is 2.41. The van der Waals surface area contributed by atoms with Crippen molar-refractivity contribution < 1.29 is 23.1 Å². The third-order valence-corrected chi connectivity index (χ3v) is 5.02. The average molecular weight is 401 g/mol. The molecule has 0 unspecified atom stereocenters. The molecule has 3 amide bonds. The third kappa shape index (κ3) is 3.53. The van der Waals surface area contributed by atoms with Crippen molar-refractivity contribution in [2.24, 2.45) is 0 Å². The predicted octanol–water partition coefficient (Wildman–Crippen LogP) is 3.92. The van der Waals surface area contributed by atoms with Gasteiger partial charge in [-0.1, -0.05) is 18.2 Å². The van der Waals surface area contributed by atoms with Crippen LogP contribution in [-0.4, -0.2) is 42.9 Å². The van der Waals surface area contributed by atoms with Crippen LogP contribution in [0.15, 0.2) is 53.7 Å². The van der Waals surface area contributed by atoms with Gasteiger partial charge in [0.15, 0.2) is 0 Å². The molecular formula is C21H21F2N3O3. The molecule has 0 saturated heterocycles. The lowest BCUT2D eigenvalue weighted by Crippen LogP contribution is -2.48. The van der Waals surface area contributed by atoms with Gasteiger partial charge in [0.1, 0.15) is 17.4 Å². The van der Waals surface area contributed by atoms with Gasteiger partial charge in [-0.05, 0) is 31.2 Å². The van der Waals surface area contributed by atoms with E-state index in [-0.39, 0.29) is 11.1 Å². The standard InChI is InChI=1S/C21H21F2N3O3/c1-12-17(20(27)24-15-10-5-6-11-16(15)29-4)19(26(3)21(28)25(12)2)18-13(22)8-7-9-14(18)23/h5-11,19H,1-4H3,(H,24,27)/t19-/m1/s1. The van der Waals surface area contributed by atoms with Crippen LogP contribution in [0.25, 0.3) is 0 Å². The number of halogens is 2. The lowest BCUT2D eigenvalue weighted by molar-refractivity contribution is -0.113. The summed E-state index contributed by atoms with van der Waals surface area (Å²) in [6.07, 6.45) is 0. The first-order chi connectivity index (χ1) is 13.8. The Labute approximate surface area is 167 Å². The van der Waals surface area contributed by atoms with Gasteiger partial charge >= 0.3 is 6.03 Å². The van der Waals surface area contributed by atoms with E-state index in [1.807, 2.05) is 0 Å². The number of amides is 3. The number of likely N-dealkylation sites (N-methyl/N-ethyl adjacent to an activating group) is 1. The van der Waals surface area contributed by atoms with Gasteiger partial charge in [0, 0.05) is 19.8 Å². The molecule has 0 aliphatic carbocycles. The number of urea groups is 1. The number of benzene rings is 2. The van der Waals surface area contributed by atoms with Crippen LogP contribution in [0.5, 0.6) is 5.75 Å². The Morgan fingerprint density at radius 2 is 1.69 bits per heavy atom. The fourth-order valence-electron chi connectivity index (χ4n) is 3.40. The number of allylic oxidation sites excluding steroid dienone is 1. The molecule has 152 valence electrons. The van der Waals surface area contributed by atoms with Gasteiger partial charge in [0.2, 0.25) is 0 Å². The fraction of sp³-hybridized carbons (Fsp3) is 0.238. The summed E-state index contributed by atoms with van der Waals surface area (Å²) in [5.41, 5.74) is 0.397. The van der Waals surface area contributed by atoms with E-state index in [4.69, 9.17) is 4.74 Å². The number of nitrogens with one attached hydrogen (secondary N) is 1. The van der Waals surface area contributed by atoms with Gasteiger partial charge in [0.05, 0.1) is 30.0 Å². The Morgan fingerprint density at radius 3 is 2.31 bits per heavy atom. The normalized spacial score (nSPS) is 16.9. The number of rotatable bonds is 4. The van der Waals surface area contributed by atoms with Crippen molar-refractivity contribution in [3.63, 3.8) is 0 Å². The number of carbonyl (C=O) groups excluding carboxylic acids is 2. The zero-order valence-electron chi connectivity index (χ0n) is 16.5. The van der Waals surface area contributed by atoms with E-state index in [0.29, 0.717) is 17.1 Å². The number of nitrogens with zero attached hydrogens (tertiary/aromatic N) is 2. The molecular weight excluding hydrogens is 380 g/mol. The average Bonchev–Trinajstić information content (AvgIpc) is 2.70. The van der Waals surface area contributed by atoms with Crippen LogP contribution in [0.2, 0.25) is 0 Å². The Bertz CT molecular complexity index is 986. The number of anilines is 1. The molecule has 0 aromatic heterocycles. The molecule has 29 heavy (non-hydrogen) atoms. The van der Waals surface area contributed by atoms with Crippen LogP contribution in [0.1, 0.15) is 18.5 Å². The van der Waals surface area contributed by atoms with E-state index in [1.54, 1.807) is 31.2 Å². The second-order valence-corrected chi connectivity index (χ2v) is 6.64. The summed E-state index contributed by atoms with van der Waals surface area (Å²) in [5, 5.41) is 2.72. The van der Waals surface area contributed by atoms with E-state index in [1.165, 1.54) is 32.2 Å². The van der Waals surface area contributed by atoms with Crippen LogP contribution in [0, 0.1) is 11.6 Å². The van der Waals surface area contributed by atoms with Crippen LogP contribution in [0.3, 0.4) is 0 Å². The lowest BCUT2D eigenvalue weighted by Gasteiger charge is -2.40. The van der Waals surface area contributed by atoms with E-state index in [2.05, 4.69) is 5.32 Å². The van der Waals surface area contributed by atoms with Gasteiger partial charge < -0.3 is 19.9 Å². The van der Waals surface area contributed by atoms with Gasteiger partial charge in [-0.25, -0.2) is 13.6 Å². The van der Waals surface area contributed by atoms with Crippen LogP contribution >= 0.6 is 0 Å². The van der Waals surface area contributed by atoms with Gasteiger partial charge in [-0.2, -0.15) is 0 Å². The SMILES string of the molecule is COc1ccccc1NC(=O)C1=C(C)N(C)C(=O)N(C)[C@H]1c1c(F)cccc1F. The summed E-state index contributed by atoms with van der Waals surface area (Å²) < 4.78 is 34.4. The zero-order chi connectivity index (χ0) is 21.3. The molecule has 0 saturated carbocycles. The number of methoxy groups -OCH3 is 1. The smallest absolute Gasteiger partial charge is 0.324 e. The molecule has 0 bridgehead atoms. The Morgan fingerprint density at radius 1 is 1.07 bits per heavy atom. The molecule has 6 nitrogen and oxygen atoms in total. The molecule has 8 heteroatoms. The summed E-state index contributed by atoms with van der Waals surface area (Å²) >= 11 is 0. The van der Waals surface area contributed by atoms with Crippen molar-refractivity contribution >= 4 is 17.6 Å². The van der Waals surface area contributed by atoms with Crippen molar-refractivity contribution in [1.29, 1.82) is 0 Å². The van der Waals surface area contributed by atoms with Crippen molar-refractivity contribution in [3.05, 3.63) is 70.9 Å².